The molecule has 15 heavy (non-hydrogen) atoms. The van der Waals surface area contributed by atoms with E-state index in [-0.39, 0.29) is 6.54 Å². The Balaban J connectivity index is 0. The van der Waals surface area contributed by atoms with Crippen molar-refractivity contribution in [1.29, 1.82) is 0 Å². The molecule has 0 radical (unpaired) electrons. The molecule has 1 amide bonds. The van der Waals surface area contributed by atoms with Crippen molar-refractivity contribution in [3.8, 4) is 0 Å². The van der Waals surface area contributed by atoms with E-state index in [1.165, 1.54) is 0 Å². The molecule has 2 N–H and O–H groups in total. The number of amides is 1. The van der Waals surface area contributed by atoms with E-state index in [2.05, 4.69) is 5.32 Å². The molecule has 4 nitrogen and oxygen atoms in total. The van der Waals surface area contributed by atoms with Crippen LogP contribution in [-0.4, -0.2) is 28.9 Å². The summed E-state index contributed by atoms with van der Waals surface area (Å²) in [5.41, 5.74) is -1.40. The molecular formula is C11H25NO3. The minimum atomic E-state index is -0.906. The molecule has 0 aromatic heterocycles. The molecule has 0 aromatic carbocycles. The normalized spacial score (nSPS) is 11.2. The number of ether oxygens (including phenoxy) is 1. The van der Waals surface area contributed by atoms with Gasteiger partial charge in [-0.2, -0.15) is 0 Å². The molecule has 0 heterocycles. The van der Waals surface area contributed by atoms with Gasteiger partial charge in [0.1, 0.15) is 5.60 Å². The summed E-state index contributed by atoms with van der Waals surface area (Å²) in [6.45, 7) is 12.8. The highest BCUT2D eigenvalue weighted by molar-refractivity contribution is 5.67. The predicted molar refractivity (Wildman–Crippen MR) is 61.9 cm³/mol. The van der Waals surface area contributed by atoms with E-state index in [4.69, 9.17) is 4.74 Å². The van der Waals surface area contributed by atoms with Crippen molar-refractivity contribution < 1.29 is 14.6 Å². The first-order valence-corrected chi connectivity index (χ1v) is 5.29. The fourth-order valence-electron chi connectivity index (χ4n) is 0.603. The quantitative estimate of drug-likeness (QED) is 0.749. The standard InChI is InChI=1S/C9H19NO3.C2H6/c1-8(2,3)13-7(11)10-6-9(4,5)12;1-2/h12H,6H2,1-5H3,(H,10,11);1-2H3. The Hall–Kier alpha value is -0.770. The second kappa shape index (κ2) is 6.67. The first-order chi connectivity index (χ1) is 6.60. The second-order valence-electron chi connectivity index (χ2n) is 4.67. The summed E-state index contributed by atoms with van der Waals surface area (Å²) in [6, 6.07) is 0. The average molecular weight is 219 g/mol. The molecule has 0 aromatic rings. The van der Waals surface area contributed by atoms with Gasteiger partial charge in [0.05, 0.1) is 5.60 Å². The van der Waals surface area contributed by atoms with Gasteiger partial charge in [0.2, 0.25) is 0 Å². The van der Waals surface area contributed by atoms with E-state index >= 15 is 0 Å². The number of hydrogen-bond donors (Lipinski definition) is 2. The van der Waals surface area contributed by atoms with Gasteiger partial charge in [0.15, 0.2) is 0 Å². The molecule has 0 fully saturated rings. The maximum atomic E-state index is 11.1. The second-order valence-corrected chi connectivity index (χ2v) is 4.67. The van der Waals surface area contributed by atoms with Crippen molar-refractivity contribution in [1.82, 2.24) is 5.32 Å². The first-order valence-electron chi connectivity index (χ1n) is 5.29. The fourth-order valence-corrected chi connectivity index (χ4v) is 0.603. The summed E-state index contributed by atoms with van der Waals surface area (Å²) in [5, 5.41) is 11.8. The molecule has 0 aliphatic rings. The third-order valence-corrected chi connectivity index (χ3v) is 1.06. The van der Waals surface area contributed by atoms with Gasteiger partial charge >= 0.3 is 6.09 Å². The molecule has 0 rings (SSSR count). The largest absolute Gasteiger partial charge is 0.444 e. The number of alkyl carbamates (subject to hydrolysis) is 1. The van der Waals surface area contributed by atoms with E-state index in [0.717, 1.165) is 0 Å². The van der Waals surface area contributed by atoms with Crippen LogP contribution >= 0.6 is 0 Å². The van der Waals surface area contributed by atoms with E-state index in [9.17, 15) is 9.90 Å². The van der Waals surface area contributed by atoms with Gasteiger partial charge in [-0.3, -0.25) is 0 Å². The van der Waals surface area contributed by atoms with Gasteiger partial charge in [-0.15, -0.1) is 0 Å². The van der Waals surface area contributed by atoms with Gasteiger partial charge < -0.3 is 15.2 Å². The van der Waals surface area contributed by atoms with Crippen molar-refractivity contribution in [2.45, 2.75) is 59.7 Å². The average Bonchev–Trinajstić information content (AvgIpc) is 2.00. The van der Waals surface area contributed by atoms with Crippen molar-refractivity contribution in [2.24, 2.45) is 0 Å². The Morgan fingerprint density at radius 2 is 1.60 bits per heavy atom. The molecule has 0 aliphatic carbocycles. The number of nitrogens with one attached hydrogen (secondary N) is 1. The lowest BCUT2D eigenvalue weighted by molar-refractivity contribution is 0.0393. The maximum Gasteiger partial charge on any atom is 0.407 e. The van der Waals surface area contributed by atoms with Crippen molar-refractivity contribution in [3.63, 3.8) is 0 Å². The lowest BCUT2D eigenvalue weighted by Gasteiger charge is -2.22. The minimum Gasteiger partial charge on any atom is -0.444 e. The number of carbonyl (C=O) groups is 1. The van der Waals surface area contributed by atoms with Crippen LogP contribution in [0.2, 0.25) is 0 Å². The summed E-state index contributed by atoms with van der Waals surface area (Å²) in [7, 11) is 0. The van der Waals surface area contributed by atoms with E-state index in [1.54, 1.807) is 34.6 Å². The predicted octanol–water partition coefficient (Wildman–Crippen LogP) is 2.31. The molecule has 0 aliphatic heterocycles. The topological polar surface area (TPSA) is 58.6 Å². The Bertz CT molecular complexity index is 177. The lowest BCUT2D eigenvalue weighted by atomic mass is 10.1. The Morgan fingerprint density at radius 3 is 1.87 bits per heavy atom. The van der Waals surface area contributed by atoms with Crippen LogP contribution in [0.5, 0.6) is 0 Å². The van der Waals surface area contributed by atoms with E-state index in [1.807, 2.05) is 13.8 Å². The fraction of sp³-hybridized carbons (Fsp3) is 0.909. The zero-order valence-corrected chi connectivity index (χ0v) is 11.0. The van der Waals surface area contributed by atoms with Gasteiger partial charge in [-0.05, 0) is 34.6 Å². The third kappa shape index (κ3) is 15.9. The molecule has 0 bridgehead atoms. The van der Waals surface area contributed by atoms with Crippen molar-refractivity contribution in [3.05, 3.63) is 0 Å². The maximum absolute atomic E-state index is 11.1. The Morgan fingerprint density at radius 1 is 1.20 bits per heavy atom. The molecule has 4 heteroatoms. The van der Waals surface area contributed by atoms with Crippen LogP contribution in [0.1, 0.15) is 48.5 Å². The summed E-state index contributed by atoms with van der Waals surface area (Å²) in [6.07, 6.45) is -0.505. The van der Waals surface area contributed by atoms with Crippen molar-refractivity contribution >= 4 is 6.09 Å². The monoisotopic (exact) mass is 219 g/mol. The zero-order valence-electron chi connectivity index (χ0n) is 11.0. The summed E-state index contributed by atoms with van der Waals surface area (Å²) < 4.78 is 4.97. The molecule has 0 atom stereocenters. The van der Waals surface area contributed by atoms with Gasteiger partial charge in [-0.1, -0.05) is 13.8 Å². The van der Waals surface area contributed by atoms with Crippen LogP contribution < -0.4 is 5.32 Å². The Labute approximate surface area is 93.0 Å². The van der Waals surface area contributed by atoms with Crippen LogP contribution in [0.4, 0.5) is 4.79 Å². The van der Waals surface area contributed by atoms with Gasteiger partial charge in [0.25, 0.3) is 0 Å². The number of rotatable bonds is 2. The molecule has 0 saturated carbocycles. The lowest BCUT2D eigenvalue weighted by Crippen LogP contribution is -2.40. The number of hydrogen-bond acceptors (Lipinski definition) is 3. The van der Waals surface area contributed by atoms with Crippen LogP contribution in [0.25, 0.3) is 0 Å². The van der Waals surface area contributed by atoms with Gasteiger partial charge in [-0.25, -0.2) is 4.79 Å². The third-order valence-electron chi connectivity index (χ3n) is 1.06. The molecule has 0 spiro atoms. The number of aliphatic hydroxyl groups is 1. The van der Waals surface area contributed by atoms with Gasteiger partial charge in [0, 0.05) is 6.54 Å². The number of carbonyl (C=O) groups excluding carboxylic acids is 1. The zero-order chi connectivity index (χ0) is 12.7. The summed E-state index contributed by atoms with van der Waals surface area (Å²) >= 11 is 0. The highest BCUT2D eigenvalue weighted by Gasteiger charge is 2.18. The van der Waals surface area contributed by atoms with Crippen molar-refractivity contribution in [2.75, 3.05) is 6.54 Å². The minimum absolute atomic E-state index is 0.182. The van der Waals surface area contributed by atoms with Crippen LogP contribution in [-0.2, 0) is 4.74 Å². The molecule has 0 unspecified atom stereocenters. The summed E-state index contributed by atoms with van der Waals surface area (Å²) in [4.78, 5) is 11.1. The SMILES string of the molecule is CC.CC(C)(O)CNC(=O)OC(C)(C)C. The molecular weight excluding hydrogens is 194 g/mol. The van der Waals surface area contributed by atoms with E-state index in [0.29, 0.717) is 0 Å². The summed E-state index contributed by atoms with van der Waals surface area (Å²) in [5.74, 6) is 0. The highest BCUT2D eigenvalue weighted by Crippen LogP contribution is 2.06. The first kappa shape index (κ1) is 16.7. The highest BCUT2D eigenvalue weighted by atomic mass is 16.6. The van der Waals surface area contributed by atoms with Crippen LogP contribution in [0, 0.1) is 0 Å². The van der Waals surface area contributed by atoms with Crippen LogP contribution in [0.3, 0.4) is 0 Å². The Kier molecular flexibility index (Phi) is 7.40. The van der Waals surface area contributed by atoms with Crippen LogP contribution in [0.15, 0.2) is 0 Å². The molecule has 92 valence electrons. The van der Waals surface area contributed by atoms with E-state index < -0.39 is 17.3 Å². The smallest absolute Gasteiger partial charge is 0.407 e. The molecule has 0 saturated heterocycles.